The minimum atomic E-state index is -0.238. The summed E-state index contributed by atoms with van der Waals surface area (Å²) in [6.07, 6.45) is 9.00. The van der Waals surface area contributed by atoms with E-state index < -0.39 is 0 Å². The van der Waals surface area contributed by atoms with E-state index in [1.165, 1.54) is 6.42 Å². The summed E-state index contributed by atoms with van der Waals surface area (Å²) in [4.78, 5) is 14.8. The van der Waals surface area contributed by atoms with Gasteiger partial charge in [-0.2, -0.15) is 0 Å². The number of amides is 1. The van der Waals surface area contributed by atoms with Crippen molar-refractivity contribution in [3.8, 4) is 5.75 Å². The van der Waals surface area contributed by atoms with Crippen LogP contribution in [0.1, 0.15) is 44.9 Å². The summed E-state index contributed by atoms with van der Waals surface area (Å²) in [7, 11) is 0. The van der Waals surface area contributed by atoms with Crippen LogP contribution < -0.4 is 4.74 Å². The van der Waals surface area contributed by atoms with Gasteiger partial charge in [-0.05, 0) is 57.1 Å². The van der Waals surface area contributed by atoms with Gasteiger partial charge in [0.1, 0.15) is 5.75 Å². The fourth-order valence-electron chi connectivity index (χ4n) is 3.93. The highest BCUT2D eigenvalue weighted by Crippen LogP contribution is 2.34. The van der Waals surface area contributed by atoms with Gasteiger partial charge >= 0.3 is 0 Å². The summed E-state index contributed by atoms with van der Waals surface area (Å²) < 4.78 is 5.82. The van der Waals surface area contributed by atoms with Gasteiger partial charge in [-0.25, -0.2) is 0 Å². The van der Waals surface area contributed by atoms with Crippen molar-refractivity contribution < 1.29 is 14.6 Å². The molecule has 3 rings (SSSR count). The number of allylic oxidation sites excluding steroid dienone is 1. The van der Waals surface area contributed by atoms with Crippen LogP contribution in [0.25, 0.3) is 0 Å². The standard InChI is InChI=1S/C21H29NO3/c23-17-21(13-15-25-19-10-5-2-6-11-19)12-7-14-22(16-21)20(24)18-8-3-1-4-9-18/h2,5-6,8,10-11,23H,1,3-4,7,9,12-17H2/t21-/m0/s1. The van der Waals surface area contributed by atoms with E-state index in [1.807, 2.05) is 35.2 Å². The molecule has 1 amide bonds. The zero-order chi connectivity index (χ0) is 17.5. The molecule has 1 aromatic rings. The first kappa shape index (κ1) is 18.0. The normalized spacial score (nSPS) is 23.9. The summed E-state index contributed by atoms with van der Waals surface area (Å²) in [6.45, 7) is 2.11. The van der Waals surface area contributed by atoms with Gasteiger partial charge in [0, 0.05) is 24.1 Å². The second-order valence-corrected chi connectivity index (χ2v) is 7.38. The number of carbonyl (C=O) groups excluding carboxylic acids is 1. The maximum Gasteiger partial charge on any atom is 0.249 e. The largest absolute Gasteiger partial charge is 0.494 e. The van der Waals surface area contributed by atoms with E-state index in [0.29, 0.717) is 13.2 Å². The summed E-state index contributed by atoms with van der Waals surface area (Å²) in [5.41, 5.74) is 0.735. The highest BCUT2D eigenvalue weighted by atomic mass is 16.5. The van der Waals surface area contributed by atoms with Gasteiger partial charge in [0.15, 0.2) is 0 Å². The van der Waals surface area contributed by atoms with Crippen LogP contribution in [-0.2, 0) is 4.79 Å². The van der Waals surface area contributed by atoms with Crippen LogP contribution in [0.15, 0.2) is 42.0 Å². The average molecular weight is 343 g/mol. The molecule has 1 aliphatic carbocycles. The second-order valence-electron chi connectivity index (χ2n) is 7.38. The fourth-order valence-corrected chi connectivity index (χ4v) is 3.93. The topological polar surface area (TPSA) is 49.8 Å². The molecule has 1 saturated heterocycles. The van der Waals surface area contributed by atoms with Gasteiger partial charge in [0.2, 0.25) is 5.91 Å². The number of hydrogen-bond acceptors (Lipinski definition) is 3. The van der Waals surface area contributed by atoms with Gasteiger partial charge in [-0.15, -0.1) is 0 Å². The number of piperidine rings is 1. The first-order chi connectivity index (χ1) is 12.2. The Labute approximate surface area is 150 Å². The molecule has 0 unspecified atom stereocenters. The molecular weight excluding hydrogens is 314 g/mol. The van der Waals surface area contributed by atoms with Gasteiger partial charge in [0.25, 0.3) is 0 Å². The Balaban J connectivity index is 1.58. The molecule has 1 N–H and O–H groups in total. The number of aliphatic hydroxyl groups is 1. The number of hydrogen-bond donors (Lipinski definition) is 1. The Morgan fingerprint density at radius 3 is 2.76 bits per heavy atom. The monoisotopic (exact) mass is 343 g/mol. The van der Waals surface area contributed by atoms with Gasteiger partial charge < -0.3 is 14.7 Å². The van der Waals surface area contributed by atoms with Crippen molar-refractivity contribution in [2.24, 2.45) is 5.41 Å². The Kier molecular flexibility index (Phi) is 6.14. The van der Waals surface area contributed by atoms with Crippen LogP contribution >= 0.6 is 0 Å². The third-order valence-electron chi connectivity index (χ3n) is 5.49. The lowest BCUT2D eigenvalue weighted by Crippen LogP contribution is -2.49. The molecule has 1 atom stereocenters. The van der Waals surface area contributed by atoms with E-state index in [9.17, 15) is 9.90 Å². The molecule has 2 aliphatic rings. The van der Waals surface area contributed by atoms with Crippen LogP contribution in [0, 0.1) is 5.41 Å². The number of para-hydroxylation sites is 1. The maximum atomic E-state index is 12.8. The highest BCUT2D eigenvalue weighted by molar-refractivity contribution is 5.93. The SMILES string of the molecule is O=C(C1=CCCCC1)N1CCC[C@](CO)(CCOc2ccccc2)C1. The lowest BCUT2D eigenvalue weighted by Gasteiger charge is -2.42. The van der Waals surface area contributed by atoms with Crippen molar-refractivity contribution >= 4 is 5.91 Å². The lowest BCUT2D eigenvalue weighted by atomic mass is 9.77. The zero-order valence-corrected chi connectivity index (χ0v) is 15.0. The molecule has 4 heteroatoms. The Bertz CT molecular complexity index is 598. The second kappa shape index (κ2) is 8.52. The van der Waals surface area contributed by atoms with E-state index in [-0.39, 0.29) is 17.9 Å². The van der Waals surface area contributed by atoms with Gasteiger partial charge in [-0.3, -0.25) is 4.79 Å². The van der Waals surface area contributed by atoms with Crippen molar-refractivity contribution in [2.45, 2.75) is 44.9 Å². The summed E-state index contributed by atoms with van der Waals surface area (Å²) in [6, 6.07) is 9.76. The molecule has 4 nitrogen and oxygen atoms in total. The van der Waals surface area contributed by atoms with E-state index in [2.05, 4.69) is 6.08 Å². The van der Waals surface area contributed by atoms with Crippen molar-refractivity contribution in [3.63, 3.8) is 0 Å². The minimum Gasteiger partial charge on any atom is -0.494 e. The average Bonchev–Trinajstić information content (AvgIpc) is 2.69. The van der Waals surface area contributed by atoms with Crippen molar-refractivity contribution in [3.05, 3.63) is 42.0 Å². The molecule has 136 valence electrons. The summed E-state index contributed by atoms with van der Waals surface area (Å²) >= 11 is 0. The molecular formula is C21H29NO3. The molecule has 25 heavy (non-hydrogen) atoms. The number of rotatable bonds is 6. The minimum absolute atomic E-state index is 0.105. The van der Waals surface area contributed by atoms with E-state index in [1.54, 1.807) is 0 Å². The quantitative estimate of drug-likeness (QED) is 0.859. The van der Waals surface area contributed by atoms with E-state index >= 15 is 0 Å². The summed E-state index contributed by atoms with van der Waals surface area (Å²) in [5.74, 6) is 1.04. The molecule has 0 bridgehead atoms. The van der Waals surface area contributed by atoms with E-state index in [0.717, 1.165) is 56.4 Å². The third-order valence-corrected chi connectivity index (χ3v) is 5.49. The molecule has 1 fully saturated rings. The molecule has 0 aromatic heterocycles. The molecule has 1 heterocycles. The predicted molar refractivity (Wildman–Crippen MR) is 98.4 cm³/mol. The van der Waals surface area contributed by atoms with Crippen LogP contribution in [0.4, 0.5) is 0 Å². The number of ether oxygens (including phenoxy) is 1. The van der Waals surface area contributed by atoms with Crippen LogP contribution in [-0.4, -0.2) is 42.2 Å². The van der Waals surface area contributed by atoms with Gasteiger partial charge in [0.05, 0.1) is 13.2 Å². The molecule has 0 radical (unpaired) electrons. The Morgan fingerprint density at radius 1 is 1.20 bits per heavy atom. The first-order valence-corrected chi connectivity index (χ1v) is 9.49. The number of benzene rings is 1. The van der Waals surface area contributed by atoms with Crippen molar-refractivity contribution in [1.29, 1.82) is 0 Å². The van der Waals surface area contributed by atoms with Crippen LogP contribution in [0.5, 0.6) is 5.75 Å². The third kappa shape index (κ3) is 4.63. The predicted octanol–water partition coefficient (Wildman–Crippen LogP) is 3.56. The molecule has 0 saturated carbocycles. The first-order valence-electron chi connectivity index (χ1n) is 9.49. The maximum absolute atomic E-state index is 12.8. The molecule has 1 aromatic carbocycles. The van der Waals surface area contributed by atoms with E-state index in [4.69, 9.17) is 4.74 Å². The number of carbonyl (C=O) groups is 1. The number of nitrogens with zero attached hydrogens (tertiary/aromatic N) is 1. The highest BCUT2D eigenvalue weighted by Gasteiger charge is 2.37. The van der Waals surface area contributed by atoms with Crippen LogP contribution in [0.2, 0.25) is 0 Å². The smallest absolute Gasteiger partial charge is 0.249 e. The lowest BCUT2D eigenvalue weighted by molar-refractivity contribution is -0.132. The Morgan fingerprint density at radius 2 is 2.04 bits per heavy atom. The Hall–Kier alpha value is -1.81. The van der Waals surface area contributed by atoms with Crippen molar-refractivity contribution in [2.75, 3.05) is 26.3 Å². The molecule has 0 spiro atoms. The zero-order valence-electron chi connectivity index (χ0n) is 15.0. The van der Waals surface area contributed by atoms with Gasteiger partial charge in [-0.1, -0.05) is 24.3 Å². The number of likely N-dealkylation sites (tertiary alicyclic amines) is 1. The molecule has 1 aliphatic heterocycles. The van der Waals surface area contributed by atoms with Crippen LogP contribution in [0.3, 0.4) is 0 Å². The summed E-state index contributed by atoms with van der Waals surface area (Å²) in [5, 5.41) is 10.0. The number of aliphatic hydroxyl groups excluding tert-OH is 1. The van der Waals surface area contributed by atoms with Crippen molar-refractivity contribution in [1.82, 2.24) is 4.90 Å². The fraction of sp³-hybridized carbons (Fsp3) is 0.571.